The van der Waals surface area contributed by atoms with Gasteiger partial charge in [0.15, 0.2) is 0 Å². The fourth-order valence-electron chi connectivity index (χ4n) is 3.58. The second-order valence-electron chi connectivity index (χ2n) is 6.80. The van der Waals surface area contributed by atoms with Gasteiger partial charge in [0.2, 0.25) is 5.91 Å². The van der Waals surface area contributed by atoms with Gasteiger partial charge in [0.1, 0.15) is 11.8 Å². The SMILES string of the molecule is COc1ccc([C@@H](CNC(=O)Cc2ccc(Cl)cc2)[NH+]2CCCC2)cc1. The number of benzene rings is 2. The zero-order valence-electron chi connectivity index (χ0n) is 15.1. The molecular formula is C21H26ClN2O2+. The van der Waals surface area contributed by atoms with E-state index in [0.717, 1.165) is 24.4 Å². The highest BCUT2D eigenvalue weighted by molar-refractivity contribution is 6.30. The molecule has 0 bridgehead atoms. The van der Waals surface area contributed by atoms with Gasteiger partial charge in [-0.2, -0.15) is 0 Å². The molecule has 1 heterocycles. The summed E-state index contributed by atoms with van der Waals surface area (Å²) in [6.07, 6.45) is 2.88. The van der Waals surface area contributed by atoms with Crippen LogP contribution in [-0.4, -0.2) is 32.7 Å². The van der Waals surface area contributed by atoms with Crippen molar-refractivity contribution in [3.63, 3.8) is 0 Å². The maximum atomic E-state index is 12.4. The normalized spacial score (nSPS) is 15.6. The molecule has 1 atom stereocenters. The Hall–Kier alpha value is -2.04. The molecule has 0 aliphatic carbocycles. The summed E-state index contributed by atoms with van der Waals surface area (Å²) in [7, 11) is 1.68. The van der Waals surface area contributed by atoms with E-state index in [0.29, 0.717) is 18.0 Å². The van der Waals surface area contributed by atoms with Crippen molar-refractivity contribution in [2.24, 2.45) is 0 Å². The minimum absolute atomic E-state index is 0.0458. The number of carbonyl (C=O) groups is 1. The zero-order valence-corrected chi connectivity index (χ0v) is 15.9. The molecule has 1 aliphatic heterocycles. The standard InChI is InChI=1S/C21H25ClN2O2/c1-26-19-10-6-17(7-11-19)20(24-12-2-3-13-24)15-23-21(25)14-16-4-8-18(22)9-5-16/h4-11,20H,2-3,12-15H2,1H3,(H,23,25)/p+1/t20-/m1/s1. The molecule has 1 saturated heterocycles. The zero-order chi connectivity index (χ0) is 18.4. The molecular weight excluding hydrogens is 348 g/mol. The number of carbonyl (C=O) groups excluding carboxylic acids is 1. The molecule has 0 radical (unpaired) electrons. The minimum atomic E-state index is 0.0458. The highest BCUT2D eigenvalue weighted by Gasteiger charge is 2.27. The van der Waals surface area contributed by atoms with Gasteiger partial charge in [-0.05, 0) is 42.0 Å². The monoisotopic (exact) mass is 373 g/mol. The van der Waals surface area contributed by atoms with E-state index in [-0.39, 0.29) is 11.9 Å². The van der Waals surface area contributed by atoms with Crippen LogP contribution in [0.3, 0.4) is 0 Å². The lowest BCUT2D eigenvalue weighted by Crippen LogP contribution is -3.11. The summed E-state index contributed by atoms with van der Waals surface area (Å²) >= 11 is 5.90. The van der Waals surface area contributed by atoms with Gasteiger partial charge in [-0.1, -0.05) is 23.7 Å². The number of likely N-dealkylation sites (tertiary alicyclic amines) is 1. The highest BCUT2D eigenvalue weighted by atomic mass is 35.5. The number of nitrogens with one attached hydrogen (secondary N) is 2. The van der Waals surface area contributed by atoms with Crippen LogP contribution in [0.5, 0.6) is 5.75 Å². The average Bonchev–Trinajstić information content (AvgIpc) is 3.19. The van der Waals surface area contributed by atoms with Crippen LogP contribution in [-0.2, 0) is 11.2 Å². The summed E-state index contributed by atoms with van der Waals surface area (Å²) in [5.41, 5.74) is 2.22. The molecule has 1 amide bonds. The van der Waals surface area contributed by atoms with Crippen molar-refractivity contribution in [3.05, 3.63) is 64.7 Å². The molecule has 5 heteroatoms. The van der Waals surface area contributed by atoms with Crippen LogP contribution < -0.4 is 15.0 Å². The number of methoxy groups -OCH3 is 1. The first-order chi connectivity index (χ1) is 12.7. The molecule has 2 aromatic rings. The van der Waals surface area contributed by atoms with Crippen molar-refractivity contribution in [3.8, 4) is 5.75 Å². The molecule has 0 unspecified atom stereocenters. The van der Waals surface area contributed by atoms with Gasteiger partial charge in [0, 0.05) is 23.4 Å². The number of ether oxygens (including phenoxy) is 1. The highest BCUT2D eigenvalue weighted by Crippen LogP contribution is 2.17. The Morgan fingerprint density at radius 3 is 2.38 bits per heavy atom. The topological polar surface area (TPSA) is 42.8 Å². The number of halogens is 1. The lowest BCUT2D eigenvalue weighted by atomic mass is 10.0. The van der Waals surface area contributed by atoms with Gasteiger partial charge < -0.3 is 15.0 Å². The van der Waals surface area contributed by atoms with Gasteiger partial charge >= 0.3 is 0 Å². The molecule has 138 valence electrons. The molecule has 3 rings (SSSR count). The van der Waals surface area contributed by atoms with E-state index in [1.807, 2.05) is 36.4 Å². The molecule has 1 aliphatic rings. The van der Waals surface area contributed by atoms with E-state index < -0.39 is 0 Å². The average molecular weight is 374 g/mol. The van der Waals surface area contributed by atoms with Gasteiger partial charge in [-0.3, -0.25) is 4.79 Å². The Morgan fingerprint density at radius 2 is 1.77 bits per heavy atom. The van der Waals surface area contributed by atoms with Crippen molar-refractivity contribution in [2.45, 2.75) is 25.3 Å². The van der Waals surface area contributed by atoms with Crippen molar-refractivity contribution in [1.82, 2.24) is 5.32 Å². The number of hydrogen-bond acceptors (Lipinski definition) is 2. The summed E-state index contributed by atoms with van der Waals surface area (Å²) in [5.74, 6) is 0.903. The van der Waals surface area contributed by atoms with Crippen molar-refractivity contribution < 1.29 is 14.4 Å². The Labute approximate surface area is 160 Å². The minimum Gasteiger partial charge on any atom is -0.497 e. The summed E-state index contributed by atoms with van der Waals surface area (Å²) in [6, 6.07) is 15.9. The van der Waals surface area contributed by atoms with Crippen molar-refractivity contribution in [2.75, 3.05) is 26.7 Å². The van der Waals surface area contributed by atoms with Crippen molar-refractivity contribution in [1.29, 1.82) is 0 Å². The molecule has 1 fully saturated rings. The number of quaternary nitrogens is 1. The molecule has 2 aromatic carbocycles. The maximum absolute atomic E-state index is 12.4. The van der Waals surface area contributed by atoms with E-state index in [2.05, 4.69) is 17.4 Å². The van der Waals surface area contributed by atoms with Crippen LogP contribution in [0.2, 0.25) is 5.02 Å². The molecule has 2 N–H and O–H groups in total. The summed E-state index contributed by atoms with van der Waals surface area (Å²) in [5, 5.41) is 3.81. The molecule has 0 aromatic heterocycles. The third-order valence-corrected chi connectivity index (χ3v) is 5.29. The fourth-order valence-corrected chi connectivity index (χ4v) is 3.70. The van der Waals surface area contributed by atoms with E-state index in [4.69, 9.17) is 16.3 Å². The fraction of sp³-hybridized carbons (Fsp3) is 0.381. The van der Waals surface area contributed by atoms with Gasteiger partial charge in [0.05, 0.1) is 33.2 Å². The van der Waals surface area contributed by atoms with Crippen LogP contribution in [0.4, 0.5) is 0 Å². The predicted octanol–water partition coefficient (Wildman–Crippen LogP) is 2.43. The number of rotatable bonds is 7. The summed E-state index contributed by atoms with van der Waals surface area (Å²) < 4.78 is 5.26. The Bertz CT molecular complexity index is 710. The molecule has 26 heavy (non-hydrogen) atoms. The third kappa shape index (κ3) is 4.99. The lowest BCUT2D eigenvalue weighted by molar-refractivity contribution is -0.918. The van der Waals surface area contributed by atoms with E-state index >= 15 is 0 Å². The first-order valence-corrected chi connectivity index (χ1v) is 9.53. The largest absolute Gasteiger partial charge is 0.497 e. The van der Waals surface area contributed by atoms with E-state index in [9.17, 15) is 4.79 Å². The first-order valence-electron chi connectivity index (χ1n) is 9.15. The van der Waals surface area contributed by atoms with Gasteiger partial charge in [-0.15, -0.1) is 0 Å². The van der Waals surface area contributed by atoms with Crippen LogP contribution >= 0.6 is 11.6 Å². The second kappa shape index (κ2) is 9.06. The lowest BCUT2D eigenvalue weighted by Gasteiger charge is -2.25. The third-order valence-electron chi connectivity index (χ3n) is 5.04. The first kappa shape index (κ1) is 18.7. The Morgan fingerprint density at radius 1 is 1.12 bits per heavy atom. The number of hydrogen-bond donors (Lipinski definition) is 2. The van der Waals surface area contributed by atoms with Gasteiger partial charge in [0.25, 0.3) is 0 Å². The predicted molar refractivity (Wildman–Crippen MR) is 104 cm³/mol. The maximum Gasteiger partial charge on any atom is 0.224 e. The van der Waals surface area contributed by atoms with Crippen LogP contribution in [0.15, 0.2) is 48.5 Å². The van der Waals surface area contributed by atoms with Gasteiger partial charge in [-0.25, -0.2) is 0 Å². The smallest absolute Gasteiger partial charge is 0.224 e. The quantitative estimate of drug-likeness (QED) is 0.782. The summed E-state index contributed by atoms with van der Waals surface area (Å²) in [6.45, 7) is 2.96. The molecule has 0 spiro atoms. The van der Waals surface area contributed by atoms with Crippen LogP contribution in [0.1, 0.15) is 30.0 Å². The van der Waals surface area contributed by atoms with E-state index in [1.165, 1.54) is 18.4 Å². The van der Waals surface area contributed by atoms with E-state index in [1.54, 1.807) is 12.0 Å². The van der Waals surface area contributed by atoms with Crippen LogP contribution in [0.25, 0.3) is 0 Å². The second-order valence-corrected chi connectivity index (χ2v) is 7.23. The van der Waals surface area contributed by atoms with Crippen LogP contribution in [0, 0.1) is 0 Å². The van der Waals surface area contributed by atoms with Crippen molar-refractivity contribution >= 4 is 17.5 Å². The Kier molecular flexibility index (Phi) is 6.53. The summed E-state index contributed by atoms with van der Waals surface area (Å²) in [4.78, 5) is 13.9. The molecule has 0 saturated carbocycles. The number of amides is 1. The Balaban J connectivity index is 1.63. The molecule has 4 nitrogen and oxygen atoms in total.